The van der Waals surface area contributed by atoms with Gasteiger partial charge in [-0.15, -0.1) is 11.8 Å². The smallest absolute Gasteiger partial charge is 0.272 e. The first-order valence-corrected chi connectivity index (χ1v) is 13.9. The van der Waals surface area contributed by atoms with Crippen LogP contribution in [-0.4, -0.2) is 23.5 Å². The van der Waals surface area contributed by atoms with Crippen LogP contribution in [0.4, 0.5) is 11.4 Å². The van der Waals surface area contributed by atoms with Crippen molar-refractivity contribution in [1.82, 2.24) is 5.32 Å². The van der Waals surface area contributed by atoms with Gasteiger partial charge in [-0.2, -0.15) is 0 Å². The number of carbonyl (C=O) groups is 3. The van der Waals surface area contributed by atoms with Crippen LogP contribution < -0.4 is 16.0 Å². The summed E-state index contributed by atoms with van der Waals surface area (Å²) < 4.78 is 0. The molecule has 8 heteroatoms. The SMILES string of the molecule is Cc1cc(C)cc(NC(=O)CSc2ccc(NC(=O)/C(=C/c3ccccc3Cl)NC(=O)c3ccccc3)cc2)c1. The lowest BCUT2D eigenvalue weighted by Gasteiger charge is -2.12. The van der Waals surface area contributed by atoms with Crippen molar-refractivity contribution < 1.29 is 14.4 Å². The average Bonchev–Trinajstić information content (AvgIpc) is 2.93. The Balaban J connectivity index is 1.41. The summed E-state index contributed by atoms with van der Waals surface area (Å²) >= 11 is 7.69. The fourth-order valence-corrected chi connectivity index (χ4v) is 4.80. The van der Waals surface area contributed by atoms with Crippen LogP contribution in [0.15, 0.2) is 108 Å². The first-order chi connectivity index (χ1) is 19.3. The normalized spacial score (nSPS) is 11.0. The Hall–Kier alpha value is -4.33. The molecule has 4 aromatic carbocycles. The van der Waals surface area contributed by atoms with Crippen LogP contribution in [0.1, 0.15) is 27.0 Å². The Kier molecular flexibility index (Phi) is 9.78. The van der Waals surface area contributed by atoms with Crippen molar-refractivity contribution >= 4 is 58.5 Å². The summed E-state index contributed by atoms with van der Waals surface area (Å²) in [6.07, 6.45) is 1.54. The molecule has 3 amide bonds. The highest BCUT2D eigenvalue weighted by atomic mass is 35.5. The van der Waals surface area contributed by atoms with Crippen LogP contribution in [0.3, 0.4) is 0 Å². The lowest BCUT2D eigenvalue weighted by molar-refractivity contribution is -0.114. The van der Waals surface area contributed by atoms with Crippen molar-refractivity contribution in [3.8, 4) is 0 Å². The molecule has 4 rings (SSSR count). The van der Waals surface area contributed by atoms with Gasteiger partial charge in [0.15, 0.2) is 0 Å². The van der Waals surface area contributed by atoms with Gasteiger partial charge < -0.3 is 16.0 Å². The molecule has 4 aromatic rings. The number of hydrogen-bond acceptors (Lipinski definition) is 4. The summed E-state index contributed by atoms with van der Waals surface area (Å²) in [5.74, 6) is -0.775. The third-order valence-corrected chi connectivity index (χ3v) is 7.08. The van der Waals surface area contributed by atoms with Gasteiger partial charge in [-0.1, -0.05) is 54.1 Å². The Morgan fingerprint density at radius 3 is 2.10 bits per heavy atom. The lowest BCUT2D eigenvalue weighted by atomic mass is 10.1. The van der Waals surface area contributed by atoms with Crippen molar-refractivity contribution in [2.24, 2.45) is 0 Å². The second kappa shape index (κ2) is 13.6. The number of nitrogens with one attached hydrogen (secondary N) is 3. The van der Waals surface area contributed by atoms with E-state index in [0.717, 1.165) is 21.7 Å². The van der Waals surface area contributed by atoms with Crippen molar-refractivity contribution in [2.75, 3.05) is 16.4 Å². The molecule has 0 unspecified atom stereocenters. The third-order valence-electron chi connectivity index (χ3n) is 5.72. The van der Waals surface area contributed by atoms with Crippen LogP contribution in [0.5, 0.6) is 0 Å². The van der Waals surface area contributed by atoms with Crippen molar-refractivity contribution in [2.45, 2.75) is 18.7 Å². The van der Waals surface area contributed by atoms with E-state index < -0.39 is 11.8 Å². The molecule has 0 saturated carbocycles. The monoisotopic (exact) mass is 569 g/mol. The molecule has 0 saturated heterocycles. The molecule has 40 heavy (non-hydrogen) atoms. The van der Waals surface area contributed by atoms with Gasteiger partial charge in [0.1, 0.15) is 5.70 Å². The number of amides is 3. The van der Waals surface area contributed by atoms with Gasteiger partial charge in [-0.05, 0) is 91.2 Å². The minimum absolute atomic E-state index is 0.0449. The molecule has 0 atom stereocenters. The molecular weight excluding hydrogens is 542 g/mol. The highest BCUT2D eigenvalue weighted by Gasteiger charge is 2.16. The second-order valence-electron chi connectivity index (χ2n) is 9.09. The van der Waals surface area contributed by atoms with E-state index >= 15 is 0 Å². The molecule has 0 aromatic heterocycles. The predicted octanol–water partition coefficient (Wildman–Crippen LogP) is 7.10. The topological polar surface area (TPSA) is 87.3 Å². The van der Waals surface area contributed by atoms with E-state index in [0.29, 0.717) is 21.8 Å². The summed E-state index contributed by atoms with van der Waals surface area (Å²) in [5.41, 5.74) is 4.55. The van der Waals surface area contributed by atoms with Crippen LogP contribution in [0.2, 0.25) is 5.02 Å². The molecule has 0 fully saturated rings. The number of hydrogen-bond donors (Lipinski definition) is 3. The number of carbonyl (C=O) groups excluding carboxylic acids is 3. The molecule has 0 bridgehead atoms. The van der Waals surface area contributed by atoms with Crippen LogP contribution in [0.25, 0.3) is 6.08 Å². The van der Waals surface area contributed by atoms with Crippen LogP contribution >= 0.6 is 23.4 Å². The third kappa shape index (κ3) is 8.33. The first-order valence-electron chi connectivity index (χ1n) is 12.5. The molecule has 0 aliphatic carbocycles. The molecule has 0 aliphatic heterocycles. The largest absolute Gasteiger partial charge is 0.325 e. The highest BCUT2D eigenvalue weighted by Crippen LogP contribution is 2.23. The summed E-state index contributed by atoms with van der Waals surface area (Å²) in [6.45, 7) is 3.98. The number of anilines is 2. The number of aryl methyl sites for hydroxylation is 2. The molecule has 0 radical (unpaired) electrons. The van der Waals surface area contributed by atoms with E-state index in [-0.39, 0.29) is 17.4 Å². The standard InChI is InChI=1S/C32H28ClN3O3S/c1-21-16-22(2)18-26(17-21)34-30(37)20-40-27-14-12-25(13-15-27)35-32(39)29(19-24-10-6-7-11-28(24)33)36-31(38)23-8-4-3-5-9-23/h3-19H,20H2,1-2H3,(H,34,37)(H,35,39)(H,36,38)/b29-19-. The zero-order chi connectivity index (χ0) is 28.5. The maximum absolute atomic E-state index is 13.2. The molecule has 3 N–H and O–H groups in total. The van der Waals surface area contributed by atoms with Crippen molar-refractivity contribution in [3.05, 3.63) is 130 Å². The maximum atomic E-state index is 13.2. The van der Waals surface area contributed by atoms with E-state index in [1.165, 1.54) is 17.8 Å². The summed E-state index contributed by atoms with van der Waals surface area (Å²) in [6, 6.07) is 28.7. The molecular formula is C32H28ClN3O3S. The molecule has 202 valence electrons. The number of benzene rings is 4. The Morgan fingerprint density at radius 1 is 0.775 bits per heavy atom. The number of halogens is 1. The fourth-order valence-electron chi connectivity index (χ4n) is 3.92. The van der Waals surface area contributed by atoms with Crippen molar-refractivity contribution in [1.29, 1.82) is 0 Å². The zero-order valence-corrected chi connectivity index (χ0v) is 23.6. The quantitative estimate of drug-likeness (QED) is 0.148. The van der Waals surface area contributed by atoms with Crippen molar-refractivity contribution in [3.63, 3.8) is 0 Å². The number of rotatable bonds is 9. The minimum atomic E-state index is -0.502. The first kappa shape index (κ1) is 28.7. The Labute approximate surface area is 242 Å². The van der Waals surface area contributed by atoms with Gasteiger partial charge in [0.2, 0.25) is 5.91 Å². The van der Waals surface area contributed by atoms with Gasteiger partial charge >= 0.3 is 0 Å². The molecule has 6 nitrogen and oxygen atoms in total. The van der Waals surface area contributed by atoms with Gasteiger partial charge in [-0.3, -0.25) is 14.4 Å². The Bertz CT molecular complexity index is 1530. The minimum Gasteiger partial charge on any atom is -0.325 e. The summed E-state index contributed by atoms with van der Waals surface area (Å²) in [4.78, 5) is 39.3. The molecule has 0 spiro atoms. The maximum Gasteiger partial charge on any atom is 0.272 e. The van der Waals surface area contributed by atoms with Gasteiger partial charge in [0.25, 0.3) is 11.8 Å². The van der Waals surface area contributed by atoms with E-state index in [9.17, 15) is 14.4 Å². The molecule has 0 aliphatic rings. The summed E-state index contributed by atoms with van der Waals surface area (Å²) in [5, 5.41) is 8.90. The molecule has 0 heterocycles. The van der Waals surface area contributed by atoms with E-state index in [2.05, 4.69) is 22.0 Å². The van der Waals surface area contributed by atoms with Crippen LogP contribution in [-0.2, 0) is 9.59 Å². The predicted molar refractivity (Wildman–Crippen MR) is 164 cm³/mol. The second-order valence-corrected chi connectivity index (χ2v) is 10.5. The van der Waals surface area contributed by atoms with E-state index in [4.69, 9.17) is 11.6 Å². The lowest BCUT2D eigenvalue weighted by Crippen LogP contribution is -2.30. The number of thioether (sulfide) groups is 1. The van der Waals surface area contributed by atoms with Crippen LogP contribution in [0, 0.1) is 13.8 Å². The zero-order valence-electron chi connectivity index (χ0n) is 22.0. The van der Waals surface area contributed by atoms with Gasteiger partial charge in [0.05, 0.1) is 5.75 Å². The Morgan fingerprint density at radius 2 is 1.43 bits per heavy atom. The van der Waals surface area contributed by atoms with Gasteiger partial charge in [-0.25, -0.2) is 0 Å². The average molecular weight is 570 g/mol. The fraction of sp³-hybridized carbons (Fsp3) is 0.0938. The summed E-state index contributed by atoms with van der Waals surface area (Å²) in [7, 11) is 0. The van der Waals surface area contributed by atoms with E-state index in [1.54, 1.807) is 60.7 Å². The van der Waals surface area contributed by atoms with Gasteiger partial charge in [0, 0.05) is 26.9 Å². The van der Waals surface area contributed by atoms with E-state index in [1.807, 2.05) is 44.2 Å². The highest BCUT2D eigenvalue weighted by molar-refractivity contribution is 8.00.